The summed E-state index contributed by atoms with van der Waals surface area (Å²) in [6, 6.07) is 17.1. The maximum atomic E-state index is 13.2. The number of nitrogens with zero attached hydrogens (tertiary/aromatic N) is 3. The van der Waals surface area contributed by atoms with Gasteiger partial charge in [-0.2, -0.15) is 0 Å². The number of ketones is 1. The number of carbonyl (C=O) groups is 2. The molecule has 7 nitrogen and oxygen atoms in total. The molecule has 0 saturated carbocycles. The summed E-state index contributed by atoms with van der Waals surface area (Å²) in [5.41, 5.74) is 1.65. The number of rotatable bonds is 7. The van der Waals surface area contributed by atoms with Crippen molar-refractivity contribution in [1.29, 1.82) is 0 Å². The molecule has 2 heterocycles. The number of para-hydroxylation sites is 2. The average molecular weight is 465 g/mol. The number of ether oxygens (including phenoxy) is 1. The lowest BCUT2D eigenvalue weighted by atomic mass is 10.1. The Balaban J connectivity index is 1.56. The number of amides is 1. The first kappa shape index (κ1) is 22.8. The number of hydrogen-bond donors (Lipinski definition) is 1. The van der Waals surface area contributed by atoms with Crippen molar-refractivity contribution in [3.63, 3.8) is 0 Å². The van der Waals surface area contributed by atoms with Crippen molar-refractivity contribution in [2.75, 3.05) is 48.4 Å². The van der Waals surface area contributed by atoms with E-state index in [9.17, 15) is 9.59 Å². The predicted molar refractivity (Wildman–Crippen MR) is 133 cm³/mol. The molecule has 1 aliphatic rings. The van der Waals surface area contributed by atoms with Gasteiger partial charge in [0.1, 0.15) is 10.6 Å². The van der Waals surface area contributed by atoms with Gasteiger partial charge in [0, 0.05) is 37.7 Å². The number of thiazole rings is 1. The number of piperazine rings is 1. The van der Waals surface area contributed by atoms with Crippen LogP contribution in [0.25, 0.3) is 0 Å². The van der Waals surface area contributed by atoms with Crippen LogP contribution in [0.15, 0.2) is 54.6 Å². The molecule has 0 aliphatic carbocycles. The molecule has 0 bridgehead atoms. The molecule has 1 saturated heterocycles. The summed E-state index contributed by atoms with van der Waals surface area (Å²) in [6.07, 6.45) is 0. The first-order chi connectivity index (χ1) is 16.0. The number of hydrogen-bond acceptors (Lipinski definition) is 7. The van der Waals surface area contributed by atoms with Crippen LogP contribution in [0.5, 0.6) is 5.75 Å². The predicted octanol–water partition coefficient (Wildman–Crippen LogP) is 4.30. The molecule has 0 radical (unpaired) electrons. The second-order valence-corrected chi connectivity index (χ2v) is 9.14. The third-order valence-corrected chi connectivity index (χ3v) is 6.72. The van der Waals surface area contributed by atoms with E-state index in [0.29, 0.717) is 16.3 Å². The first-order valence-electron chi connectivity index (χ1n) is 11.0. The number of carbonyl (C=O) groups excluding carboxylic acids is 2. The van der Waals surface area contributed by atoms with Crippen LogP contribution in [-0.2, 0) is 4.79 Å². The van der Waals surface area contributed by atoms with E-state index in [2.05, 4.69) is 26.2 Å². The SMILES string of the molecule is COc1ccccc1N1CCN(c2nc(NC(=O)C(C)C)c(C(=O)c3ccccc3)s2)CC1. The van der Waals surface area contributed by atoms with E-state index in [0.717, 1.165) is 42.7 Å². The summed E-state index contributed by atoms with van der Waals surface area (Å²) in [5.74, 6) is 0.699. The molecule has 3 aromatic rings. The molecule has 1 aromatic heterocycles. The fourth-order valence-electron chi connectivity index (χ4n) is 3.69. The summed E-state index contributed by atoms with van der Waals surface area (Å²) < 4.78 is 5.51. The third-order valence-electron chi connectivity index (χ3n) is 5.60. The van der Waals surface area contributed by atoms with E-state index in [1.165, 1.54) is 11.3 Å². The molecule has 1 fully saturated rings. The number of aromatic nitrogens is 1. The Hall–Kier alpha value is -3.39. The molecule has 0 unspecified atom stereocenters. The van der Waals surface area contributed by atoms with Crippen molar-refractivity contribution >= 4 is 39.7 Å². The highest BCUT2D eigenvalue weighted by atomic mass is 32.1. The van der Waals surface area contributed by atoms with Crippen LogP contribution in [0.4, 0.5) is 16.6 Å². The van der Waals surface area contributed by atoms with Crippen LogP contribution < -0.4 is 19.9 Å². The zero-order valence-electron chi connectivity index (χ0n) is 19.1. The lowest BCUT2D eigenvalue weighted by Gasteiger charge is -2.36. The highest BCUT2D eigenvalue weighted by molar-refractivity contribution is 7.18. The van der Waals surface area contributed by atoms with Gasteiger partial charge in [-0.3, -0.25) is 9.59 Å². The number of nitrogens with one attached hydrogen (secondary N) is 1. The quantitative estimate of drug-likeness (QED) is 0.526. The summed E-state index contributed by atoms with van der Waals surface area (Å²) >= 11 is 1.33. The Morgan fingerprint density at radius 3 is 2.27 bits per heavy atom. The fraction of sp³-hybridized carbons (Fsp3) is 0.320. The van der Waals surface area contributed by atoms with Crippen LogP contribution in [0.3, 0.4) is 0 Å². The van der Waals surface area contributed by atoms with Crippen molar-refractivity contribution < 1.29 is 14.3 Å². The molecule has 4 rings (SSSR count). The number of anilines is 3. The Morgan fingerprint density at radius 2 is 1.61 bits per heavy atom. The van der Waals surface area contributed by atoms with Crippen LogP contribution in [0, 0.1) is 5.92 Å². The topological polar surface area (TPSA) is 74.8 Å². The molecular weight excluding hydrogens is 436 g/mol. The van der Waals surface area contributed by atoms with E-state index in [1.54, 1.807) is 19.2 Å². The Morgan fingerprint density at radius 1 is 0.970 bits per heavy atom. The van der Waals surface area contributed by atoms with Crippen molar-refractivity contribution in [1.82, 2.24) is 4.98 Å². The summed E-state index contributed by atoms with van der Waals surface area (Å²) in [5, 5.41) is 3.60. The second kappa shape index (κ2) is 10.0. The van der Waals surface area contributed by atoms with E-state index < -0.39 is 0 Å². The molecule has 2 aromatic carbocycles. The molecule has 33 heavy (non-hydrogen) atoms. The molecule has 0 spiro atoms. The Labute approximate surface area is 198 Å². The molecule has 172 valence electrons. The van der Waals surface area contributed by atoms with Gasteiger partial charge in [0.05, 0.1) is 12.8 Å². The minimum absolute atomic E-state index is 0.133. The van der Waals surface area contributed by atoms with Gasteiger partial charge in [0.25, 0.3) is 0 Å². The van der Waals surface area contributed by atoms with Crippen LogP contribution in [0.1, 0.15) is 29.1 Å². The summed E-state index contributed by atoms with van der Waals surface area (Å²) in [6.45, 7) is 6.74. The van der Waals surface area contributed by atoms with Gasteiger partial charge in [-0.1, -0.05) is 67.6 Å². The molecular formula is C25H28N4O3S. The lowest BCUT2D eigenvalue weighted by molar-refractivity contribution is -0.118. The zero-order valence-corrected chi connectivity index (χ0v) is 19.9. The first-order valence-corrected chi connectivity index (χ1v) is 11.8. The molecule has 1 amide bonds. The van der Waals surface area contributed by atoms with E-state index in [1.807, 2.05) is 50.2 Å². The molecule has 0 atom stereocenters. The lowest BCUT2D eigenvalue weighted by Crippen LogP contribution is -2.46. The van der Waals surface area contributed by atoms with Crippen LogP contribution >= 0.6 is 11.3 Å². The molecule has 1 N–H and O–H groups in total. The molecule has 1 aliphatic heterocycles. The minimum Gasteiger partial charge on any atom is -0.495 e. The highest BCUT2D eigenvalue weighted by Crippen LogP contribution is 2.34. The van der Waals surface area contributed by atoms with Gasteiger partial charge in [0.2, 0.25) is 11.7 Å². The summed E-state index contributed by atoms with van der Waals surface area (Å²) in [4.78, 5) is 35.2. The van der Waals surface area contributed by atoms with Gasteiger partial charge in [-0.05, 0) is 12.1 Å². The van der Waals surface area contributed by atoms with Crippen molar-refractivity contribution in [2.45, 2.75) is 13.8 Å². The minimum atomic E-state index is -0.209. The van der Waals surface area contributed by atoms with Gasteiger partial charge in [0.15, 0.2) is 10.9 Å². The number of benzene rings is 2. The monoisotopic (exact) mass is 464 g/mol. The second-order valence-electron chi connectivity index (χ2n) is 8.16. The van der Waals surface area contributed by atoms with Gasteiger partial charge in [-0.15, -0.1) is 0 Å². The van der Waals surface area contributed by atoms with Gasteiger partial charge in [-0.25, -0.2) is 4.98 Å². The Kier molecular flexibility index (Phi) is 6.93. The van der Waals surface area contributed by atoms with Gasteiger partial charge >= 0.3 is 0 Å². The van der Waals surface area contributed by atoms with Crippen molar-refractivity contribution in [2.24, 2.45) is 5.92 Å². The van der Waals surface area contributed by atoms with Crippen LogP contribution in [0.2, 0.25) is 0 Å². The largest absolute Gasteiger partial charge is 0.495 e. The molecule has 8 heteroatoms. The maximum absolute atomic E-state index is 13.2. The average Bonchev–Trinajstić information content (AvgIpc) is 3.27. The van der Waals surface area contributed by atoms with Crippen molar-refractivity contribution in [3.8, 4) is 5.75 Å². The standard InChI is InChI=1S/C25H28N4O3S/c1-17(2)24(31)26-23-22(21(30)18-9-5-4-6-10-18)33-25(27-23)29-15-13-28(14-16-29)19-11-7-8-12-20(19)32-3/h4-12,17H,13-16H2,1-3H3,(H,26,31). The van der Waals surface area contributed by atoms with E-state index in [4.69, 9.17) is 4.74 Å². The maximum Gasteiger partial charge on any atom is 0.228 e. The number of methoxy groups -OCH3 is 1. The van der Waals surface area contributed by atoms with E-state index in [-0.39, 0.29) is 17.6 Å². The zero-order chi connectivity index (χ0) is 23.4. The van der Waals surface area contributed by atoms with Crippen molar-refractivity contribution in [3.05, 3.63) is 65.0 Å². The van der Waals surface area contributed by atoms with Crippen LogP contribution in [-0.4, -0.2) is 50.0 Å². The smallest absolute Gasteiger partial charge is 0.228 e. The third kappa shape index (κ3) is 5.01. The summed E-state index contributed by atoms with van der Waals surface area (Å²) in [7, 11) is 1.68. The normalized spacial score (nSPS) is 13.8. The Bertz CT molecular complexity index is 1120. The highest BCUT2D eigenvalue weighted by Gasteiger charge is 2.27. The van der Waals surface area contributed by atoms with Gasteiger partial charge < -0.3 is 19.9 Å². The fourth-order valence-corrected chi connectivity index (χ4v) is 4.73. The van der Waals surface area contributed by atoms with E-state index >= 15 is 0 Å².